The second-order valence-electron chi connectivity index (χ2n) is 5.67. The molecule has 0 bridgehead atoms. The average molecular weight is 274 g/mol. The van der Waals surface area contributed by atoms with Crippen LogP contribution in [0.25, 0.3) is 0 Å². The Kier molecular flexibility index (Phi) is 5.18. The number of hydrogen-bond donors (Lipinski definition) is 2. The topological polar surface area (TPSA) is 41.1 Å². The first-order valence-electron chi connectivity index (χ1n) is 7.80. The van der Waals surface area contributed by atoms with E-state index in [4.69, 9.17) is 0 Å². The molecule has 1 amide bonds. The number of amides is 1. The van der Waals surface area contributed by atoms with E-state index in [1.54, 1.807) is 0 Å². The fourth-order valence-corrected chi connectivity index (χ4v) is 3.17. The normalized spacial score (nSPS) is 19.6. The largest absolute Gasteiger partial charge is 0.351 e. The molecule has 1 unspecified atom stereocenters. The van der Waals surface area contributed by atoms with Crippen molar-refractivity contribution in [3.8, 4) is 0 Å². The minimum Gasteiger partial charge on any atom is -0.351 e. The third-order valence-electron chi connectivity index (χ3n) is 4.60. The van der Waals surface area contributed by atoms with E-state index in [0.29, 0.717) is 0 Å². The molecule has 0 radical (unpaired) electrons. The van der Waals surface area contributed by atoms with Crippen LogP contribution < -0.4 is 10.6 Å². The zero-order chi connectivity index (χ0) is 14.4. The minimum absolute atomic E-state index is 0.183. The molecule has 0 spiro atoms. The number of carbonyl (C=O) groups excluding carboxylic acids is 1. The second-order valence-corrected chi connectivity index (χ2v) is 5.67. The van der Waals surface area contributed by atoms with Gasteiger partial charge in [0, 0.05) is 12.6 Å². The summed E-state index contributed by atoms with van der Waals surface area (Å²) in [5, 5.41) is 6.61. The van der Waals surface area contributed by atoms with Crippen molar-refractivity contribution in [2.75, 3.05) is 13.1 Å². The summed E-state index contributed by atoms with van der Waals surface area (Å²) in [5.41, 5.74) is 0.741. The molecule has 2 N–H and O–H groups in total. The first-order valence-corrected chi connectivity index (χ1v) is 7.80. The van der Waals surface area contributed by atoms with Crippen molar-refractivity contribution >= 4 is 5.91 Å². The van der Waals surface area contributed by atoms with Crippen LogP contribution in [0.15, 0.2) is 30.3 Å². The summed E-state index contributed by atoms with van der Waals surface area (Å²) in [5.74, 6) is 0.183. The molecule has 1 heterocycles. The van der Waals surface area contributed by atoms with Gasteiger partial charge in [0.05, 0.1) is 5.41 Å². The molecule has 20 heavy (non-hydrogen) atoms. The van der Waals surface area contributed by atoms with Crippen LogP contribution in [-0.2, 0) is 10.2 Å². The van der Waals surface area contributed by atoms with Crippen LogP contribution in [-0.4, -0.2) is 25.0 Å². The summed E-state index contributed by atoms with van der Waals surface area (Å²) in [6.07, 6.45) is 3.89. The number of piperidine rings is 1. The number of rotatable bonds is 5. The van der Waals surface area contributed by atoms with Crippen LogP contribution in [0, 0.1) is 0 Å². The van der Waals surface area contributed by atoms with Crippen molar-refractivity contribution in [1.29, 1.82) is 0 Å². The lowest BCUT2D eigenvalue weighted by Crippen LogP contribution is -2.52. The highest BCUT2D eigenvalue weighted by atomic mass is 16.2. The Hall–Kier alpha value is -1.35. The fraction of sp³-hybridized carbons (Fsp3) is 0.588. The van der Waals surface area contributed by atoms with Gasteiger partial charge in [-0.1, -0.05) is 44.2 Å². The number of carbonyl (C=O) groups is 1. The Morgan fingerprint density at radius 2 is 2.00 bits per heavy atom. The Morgan fingerprint density at radius 3 is 2.55 bits per heavy atom. The summed E-state index contributed by atoms with van der Waals surface area (Å²) in [7, 11) is 0. The average Bonchev–Trinajstić information content (AvgIpc) is 2.51. The molecule has 1 aromatic rings. The highest BCUT2D eigenvalue weighted by molar-refractivity contribution is 5.88. The summed E-state index contributed by atoms with van der Waals surface area (Å²) in [6, 6.07) is 10.5. The monoisotopic (exact) mass is 274 g/mol. The van der Waals surface area contributed by atoms with Gasteiger partial charge in [0.2, 0.25) is 5.91 Å². The van der Waals surface area contributed by atoms with E-state index in [1.165, 1.54) is 0 Å². The molecule has 1 aromatic carbocycles. The molecule has 0 saturated carbocycles. The van der Waals surface area contributed by atoms with Crippen molar-refractivity contribution in [3.63, 3.8) is 0 Å². The second kappa shape index (κ2) is 6.89. The molecule has 1 saturated heterocycles. The molecule has 110 valence electrons. The van der Waals surface area contributed by atoms with Gasteiger partial charge < -0.3 is 10.6 Å². The maximum Gasteiger partial charge on any atom is 0.230 e. The van der Waals surface area contributed by atoms with E-state index in [9.17, 15) is 4.79 Å². The van der Waals surface area contributed by atoms with Crippen molar-refractivity contribution in [2.24, 2.45) is 0 Å². The summed E-state index contributed by atoms with van der Waals surface area (Å²) in [4.78, 5) is 12.9. The lowest BCUT2D eigenvalue weighted by molar-refractivity contribution is -0.128. The van der Waals surface area contributed by atoms with E-state index in [-0.39, 0.29) is 11.9 Å². The summed E-state index contributed by atoms with van der Waals surface area (Å²) < 4.78 is 0. The SMILES string of the molecule is CCC(CC)(C(=O)NC1CCCNC1)c1ccccc1. The van der Waals surface area contributed by atoms with Crippen LogP contribution in [0.1, 0.15) is 45.1 Å². The molecule has 1 aliphatic heterocycles. The van der Waals surface area contributed by atoms with Crippen LogP contribution in [0.2, 0.25) is 0 Å². The zero-order valence-corrected chi connectivity index (χ0v) is 12.6. The molecule has 2 rings (SSSR count). The molecule has 1 aliphatic rings. The lowest BCUT2D eigenvalue weighted by atomic mass is 9.75. The predicted octanol–water partition coefficient (Wildman–Crippen LogP) is 2.61. The Morgan fingerprint density at radius 1 is 1.30 bits per heavy atom. The van der Waals surface area contributed by atoms with Gasteiger partial charge in [-0.25, -0.2) is 0 Å². The van der Waals surface area contributed by atoms with E-state index in [1.807, 2.05) is 18.2 Å². The third-order valence-corrected chi connectivity index (χ3v) is 4.60. The molecule has 3 heteroatoms. The van der Waals surface area contributed by atoms with Gasteiger partial charge in [0.1, 0.15) is 0 Å². The van der Waals surface area contributed by atoms with Crippen LogP contribution in [0.4, 0.5) is 0 Å². The molecule has 0 aliphatic carbocycles. The molecule has 3 nitrogen and oxygen atoms in total. The van der Waals surface area contributed by atoms with Gasteiger partial charge in [-0.05, 0) is 37.8 Å². The van der Waals surface area contributed by atoms with Crippen molar-refractivity contribution in [2.45, 2.75) is 51.0 Å². The third kappa shape index (κ3) is 3.04. The minimum atomic E-state index is -0.390. The number of benzene rings is 1. The molecule has 1 atom stereocenters. The predicted molar refractivity (Wildman–Crippen MR) is 82.7 cm³/mol. The molecule has 0 aromatic heterocycles. The molecule has 1 fully saturated rings. The van der Waals surface area contributed by atoms with E-state index >= 15 is 0 Å². The summed E-state index contributed by atoms with van der Waals surface area (Å²) >= 11 is 0. The highest BCUT2D eigenvalue weighted by Crippen LogP contribution is 2.32. The van der Waals surface area contributed by atoms with Gasteiger partial charge in [-0.15, -0.1) is 0 Å². The van der Waals surface area contributed by atoms with Gasteiger partial charge in [-0.3, -0.25) is 4.79 Å². The fourth-order valence-electron chi connectivity index (χ4n) is 3.17. The van der Waals surface area contributed by atoms with Crippen LogP contribution >= 0.6 is 0 Å². The van der Waals surface area contributed by atoms with E-state index in [0.717, 1.165) is 44.3 Å². The first-order chi connectivity index (χ1) is 9.73. The zero-order valence-electron chi connectivity index (χ0n) is 12.6. The maximum absolute atomic E-state index is 12.9. The summed E-state index contributed by atoms with van der Waals surface area (Å²) in [6.45, 7) is 6.17. The first kappa shape index (κ1) is 15.0. The number of hydrogen-bond acceptors (Lipinski definition) is 2. The lowest BCUT2D eigenvalue weighted by Gasteiger charge is -2.34. The van der Waals surface area contributed by atoms with E-state index in [2.05, 4.69) is 36.6 Å². The van der Waals surface area contributed by atoms with Crippen LogP contribution in [0.3, 0.4) is 0 Å². The van der Waals surface area contributed by atoms with Gasteiger partial charge in [-0.2, -0.15) is 0 Å². The van der Waals surface area contributed by atoms with Crippen LogP contribution in [0.5, 0.6) is 0 Å². The standard InChI is InChI=1S/C17H26N2O/c1-3-17(4-2,14-9-6-5-7-10-14)16(20)19-15-11-8-12-18-13-15/h5-7,9-10,15,18H,3-4,8,11-13H2,1-2H3,(H,19,20). The van der Waals surface area contributed by atoms with Gasteiger partial charge in [0.25, 0.3) is 0 Å². The Balaban J connectivity index is 2.16. The van der Waals surface area contributed by atoms with Gasteiger partial charge >= 0.3 is 0 Å². The molecular formula is C17H26N2O. The number of nitrogens with one attached hydrogen (secondary N) is 2. The Bertz CT molecular complexity index is 420. The Labute approximate surface area is 122 Å². The van der Waals surface area contributed by atoms with Crippen molar-refractivity contribution < 1.29 is 4.79 Å². The quantitative estimate of drug-likeness (QED) is 0.866. The van der Waals surface area contributed by atoms with Crippen molar-refractivity contribution in [1.82, 2.24) is 10.6 Å². The van der Waals surface area contributed by atoms with E-state index < -0.39 is 5.41 Å². The maximum atomic E-state index is 12.9. The van der Waals surface area contributed by atoms with Gasteiger partial charge in [0.15, 0.2) is 0 Å². The van der Waals surface area contributed by atoms with Crippen molar-refractivity contribution in [3.05, 3.63) is 35.9 Å². The molecular weight excluding hydrogens is 248 g/mol. The smallest absolute Gasteiger partial charge is 0.230 e. The highest BCUT2D eigenvalue weighted by Gasteiger charge is 2.37.